The molecule has 0 aliphatic carbocycles. The quantitative estimate of drug-likeness (QED) is 0.713. The minimum absolute atomic E-state index is 0.219. The van der Waals surface area contributed by atoms with Crippen LogP contribution in [0.25, 0.3) is 0 Å². The monoisotopic (exact) mass is 323 g/mol. The van der Waals surface area contributed by atoms with Gasteiger partial charge in [0.05, 0.1) is 18.4 Å². The number of nitrogens with one attached hydrogen (secondary N) is 1. The van der Waals surface area contributed by atoms with Crippen LogP contribution < -0.4 is 14.8 Å². The summed E-state index contributed by atoms with van der Waals surface area (Å²) in [4.78, 5) is 11.9. The second-order valence-corrected chi connectivity index (χ2v) is 5.00. The van der Waals surface area contributed by atoms with E-state index in [1.165, 1.54) is 12.5 Å². The van der Waals surface area contributed by atoms with E-state index in [2.05, 4.69) is 5.32 Å². The Morgan fingerprint density at radius 2 is 1.58 bits per heavy atom. The van der Waals surface area contributed by atoms with Crippen LogP contribution in [0.5, 0.6) is 17.2 Å². The molecule has 122 valence electrons. The molecule has 1 amide bonds. The molecule has 5 heteroatoms. The molecule has 0 spiro atoms. The van der Waals surface area contributed by atoms with E-state index in [-0.39, 0.29) is 5.91 Å². The van der Waals surface area contributed by atoms with Gasteiger partial charge in [-0.25, -0.2) is 0 Å². The Morgan fingerprint density at radius 1 is 0.958 bits per heavy atom. The lowest BCUT2D eigenvalue weighted by molar-refractivity contribution is 0.102. The van der Waals surface area contributed by atoms with Crippen molar-refractivity contribution in [1.82, 2.24) is 0 Å². The van der Waals surface area contributed by atoms with E-state index < -0.39 is 0 Å². The van der Waals surface area contributed by atoms with Gasteiger partial charge in [-0.3, -0.25) is 4.79 Å². The maximum atomic E-state index is 11.9. The summed E-state index contributed by atoms with van der Waals surface area (Å²) in [6.07, 6.45) is 2.86. The third-order valence-electron chi connectivity index (χ3n) is 3.27. The van der Waals surface area contributed by atoms with Gasteiger partial charge < -0.3 is 19.2 Å². The number of benzene rings is 2. The van der Waals surface area contributed by atoms with Crippen LogP contribution in [0.4, 0.5) is 5.69 Å². The fourth-order valence-electron chi connectivity index (χ4n) is 2.11. The molecule has 0 saturated carbocycles. The molecule has 3 aromatic rings. The molecule has 0 radical (unpaired) electrons. The van der Waals surface area contributed by atoms with Crippen molar-refractivity contribution in [3.63, 3.8) is 0 Å². The van der Waals surface area contributed by atoms with Crippen molar-refractivity contribution in [2.75, 3.05) is 11.9 Å². The average Bonchev–Trinajstić information content (AvgIpc) is 3.13. The molecule has 0 aliphatic rings. The SMILES string of the molecule is CCOc1ccc(Oc2ccc(NC(=O)c3ccoc3)cc2)cc1. The molecular weight excluding hydrogens is 306 g/mol. The summed E-state index contributed by atoms with van der Waals surface area (Å²) < 4.78 is 16.0. The molecule has 1 N–H and O–H groups in total. The number of ether oxygens (including phenoxy) is 2. The van der Waals surface area contributed by atoms with Gasteiger partial charge >= 0.3 is 0 Å². The first-order chi connectivity index (χ1) is 11.7. The number of hydrogen-bond donors (Lipinski definition) is 1. The summed E-state index contributed by atoms with van der Waals surface area (Å²) >= 11 is 0. The van der Waals surface area contributed by atoms with Crippen LogP contribution in [0.1, 0.15) is 17.3 Å². The van der Waals surface area contributed by atoms with Crippen LogP contribution >= 0.6 is 0 Å². The lowest BCUT2D eigenvalue weighted by atomic mass is 10.2. The zero-order chi connectivity index (χ0) is 16.8. The number of anilines is 1. The lowest BCUT2D eigenvalue weighted by Crippen LogP contribution is -2.10. The highest BCUT2D eigenvalue weighted by Gasteiger charge is 2.07. The van der Waals surface area contributed by atoms with Gasteiger partial charge in [0, 0.05) is 5.69 Å². The molecule has 3 rings (SSSR count). The fraction of sp³-hybridized carbons (Fsp3) is 0.105. The number of amides is 1. The Bertz CT molecular complexity index is 777. The van der Waals surface area contributed by atoms with E-state index in [9.17, 15) is 4.79 Å². The minimum Gasteiger partial charge on any atom is -0.494 e. The van der Waals surface area contributed by atoms with E-state index in [0.29, 0.717) is 29.4 Å². The van der Waals surface area contributed by atoms with Gasteiger partial charge in [0.15, 0.2) is 0 Å². The molecule has 1 aromatic heterocycles. The number of hydrogen-bond acceptors (Lipinski definition) is 4. The molecule has 1 heterocycles. The van der Waals surface area contributed by atoms with Gasteiger partial charge in [0.25, 0.3) is 5.91 Å². The molecule has 2 aromatic carbocycles. The molecule has 0 aliphatic heterocycles. The van der Waals surface area contributed by atoms with Crippen molar-refractivity contribution in [2.45, 2.75) is 6.92 Å². The molecule has 24 heavy (non-hydrogen) atoms. The van der Waals surface area contributed by atoms with E-state index in [1.54, 1.807) is 30.3 Å². The van der Waals surface area contributed by atoms with E-state index in [4.69, 9.17) is 13.9 Å². The second-order valence-electron chi connectivity index (χ2n) is 5.00. The van der Waals surface area contributed by atoms with Gasteiger partial charge in [0.2, 0.25) is 0 Å². The Labute approximate surface area is 139 Å². The number of carbonyl (C=O) groups is 1. The van der Waals surface area contributed by atoms with E-state index in [0.717, 1.165) is 5.75 Å². The molecular formula is C19H17NO4. The van der Waals surface area contributed by atoms with Gasteiger partial charge in [-0.15, -0.1) is 0 Å². The van der Waals surface area contributed by atoms with E-state index in [1.807, 2.05) is 31.2 Å². The number of rotatable bonds is 6. The largest absolute Gasteiger partial charge is 0.494 e. The third kappa shape index (κ3) is 3.95. The molecule has 0 fully saturated rings. The highest BCUT2D eigenvalue weighted by Crippen LogP contribution is 2.25. The topological polar surface area (TPSA) is 60.7 Å². The summed E-state index contributed by atoms with van der Waals surface area (Å²) in [6, 6.07) is 16.2. The van der Waals surface area contributed by atoms with E-state index >= 15 is 0 Å². The Balaban J connectivity index is 1.61. The second kappa shape index (κ2) is 7.37. The fourth-order valence-corrected chi connectivity index (χ4v) is 2.11. The maximum absolute atomic E-state index is 11.9. The van der Waals surface area contributed by atoms with Crippen molar-refractivity contribution in [1.29, 1.82) is 0 Å². The van der Waals surface area contributed by atoms with Crippen LogP contribution in [-0.2, 0) is 0 Å². The Morgan fingerprint density at radius 3 is 2.17 bits per heavy atom. The summed E-state index contributed by atoms with van der Waals surface area (Å²) in [5, 5.41) is 2.79. The van der Waals surface area contributed by atoms with Crippen molar-refractivity contribution < 1.29 is 18.7 Å². The summed E-state index contributed by atoms with van der Waals surface area (Å²) in [5.41, 5.74) is 1.16. The standard InChI is InChI=1S/C19H17NO4/c1-2-23-16-7-9-18(10-8-16)24-17-5-3-15(4-6-17)20-19(21)14-11-12-22-13-14/h3-13H,2H2,1H3,(H,20,21). The van der Waals surface area contributed by atoms with Crippen molar-refractivity contribution >= 4 is 11.6 Å². The third-order valence-corrected chi connectivity index (χ3v) is 3.27. The normalized spacial score (nSPS) is 10.2. The lowest BCUT2D eigenvalue weighted by Gasteiger charge is -2.08. The molecule has 0 bridgehead atoms. The summed E-state index contributed by atoms with van der Waals surface area (Å²) in [7, 11) is 0. The van der Waals surface area contributed by atoms with Gasteiger partial charge in [-0.05, 0) is 61.5 Å². The van der Waals surface area contributed by atoms with Crippen LogP contribution in [0.15, 0.2) is 71.5 Å². The minimum atomic E-state index is -0.219. The van der Waals surface area contributed by atoms with Crippen LogP contribution in [0.2, 0.25) is 0 Å². The smallest absolute Gasteiger partial charge is 0.258 e. The zero-order valence-electron chi connectivity index (χ0n) is 13.2. The van der Waals surface area contributed by atoms with Crippen molar-refractivity contribution in [2.24, 2.45) is 0 Å². The highest BCUT2D eigenvalue weighted by atomic mass is 16.5. The molecule has 0 atom stereocenters. The number of furan rings is 1. The van der Waals surface area contributed by atoms with Crippen LogP contribution in [0.3, 0.4) is 0 Å². The summed E-state index contributed by atoms with van der Waals surface area (Å²) in [5.74, 6) is 1.99. The Kier molecular flexibility index (Phi) is 4.81. The van der Waals surface area contributed by atoms with Crippen molar-refractivity contribution in [3.05, 3.63) is 72.7 Å². The van der Waals surface area contributed by atoms with Crippen molar-refractivity contribution in [3.8, 4) is 17.2 Å². The Hall–Kier alpha value is -3.21. The van der Waals surface area contributed by atoms with Gasteiger partial charge in [-0.2, -0.15) is 0 Å². The number of carbonyl (C=O) groups excluding carboxylic acids is 1. The zero-order valence-corrected chi connectivity index (χ0v) is 13.2. The van der Waals surface area contributed by atoms with Crippen LogP contribution in [0, 0.1) is 0 Å². The first-order valence-electron chi connectivity index (χ1n) is 7.59. The maximum Gasteiger partial charge on any atom is 0.258 e. The van der Waals surface area contributed by atoms with Gasteiger partial charge in [0.1, 0.15) is 23.5 Å². The highest BCUT2D eigenvalue weighted by molar-refractivity contribution is 6.03. The molecule has 0 saturated heterocycles. The first kappa shape index (κ1) is 15.7. The molecule has 5 nitrogen and oxygen atoms in total. The van der Waals surface area contributed by atoms with Crippen LogP contribution in [-0.4, -0.2) is 12.5 Å². The predicted molar refractivity (Wildman–Crippen MR) is 90.8 cm³/mol. The van der Waals surface area contributed by atoms with Gasteiger partial charge in [-0.1, -0.05) is 0 Å². The predicted octanol–water partition coefficient (Wildman–Crippen LogP) is 4.72. The average molecular weight is 323 g/mol. The first-order valence-corrected chi connectivity index (χ1v) is 7.59. The molecule has 0 unspecified atom stereocenters. The summed E-state index contributed by atoms with van der Waals surface area (Å²) in [6.45, 7) is 2.57.